The molecule has 1 aliphatic rings. The van der Waals surface area contributed by atoms with Gasteiger partial charge in [-0.2, -0.15) is 0 Å². The zero-order chi connectivity index (χ0) is 14.7. The van der Waals surface area contributed by atoms with Crippen LogP contribution in [0, 0.1) is 6.92 Å². The van der Waals surface area contributed by atoms with Gasteiger partial charge in [0, 0.05) is 35.9 Å². The monoisotopic (exact) mass is 301 g/mol. The Morgan fingerprint density at radius 3 is 2.86 bits per heavy atom. The minimum atomic E-state index is 0.235. The number of hydrogen-bond donors (Lipinski definition) is 0. The van der Waals surface area contributed by atoms with Gasteiger partial charge in [-0.1, -0.05) is 0 Å². The number of pyridine rings is 1. The molecule has 0 spiro atoms. The number of piperidine rings is 1. The van der Waals surface area contributed by atoms with Gasteiger partial charge in [-0.15, -0.1) is 11.3 Å². The molecular formula is C16H19N3OS. The van der Waals surface area contributed by atoms with E-state index in [1.807, 2.05) is 30.2 Å². The predicted molar refractivity (Wildman–Crippen MR) is 84.2 cm³/mol. The minimum Gasteiger partial charge on any atom is -0.342 e. The number of aryl methyl sites for hydroxylation is 1. The quantitative estimate of drug-likeness (QED) is 0.875. The molecule has 1 aliphatic heterocycles. The van der Waals surface area contributed by atoms with Crippen LogP contribution in [-0.4, -0.2) is 33.9 Å². The summed E-state index contributed by atoms with van der Waals surface area (Å²) in [5.41, 5.74) is 1.98. The molecule has 0 N–H and O–H groups in total. The van der Waals surface area contributed by atoms with Crippen LogP contribution in [0.3, 0.4) is 0 Å². The maximum Gasteiger partial charge on any atom is 0.227 e. The Hall–Kier alpha value is -1.75. The van der Waals surface area contributed by atoms with Crippen molar-refractivity contribution in [2.45, 2.75) is 32.6 Å². The Morgan fingerprint density at radius 2 is 2.14 bits per heavy atom. The lowest BCUT2D eigenvalue weighted by Crippen LogP contribution is -2.36. The van der Waals surface area contributed by atoms with Crippen molar-refractivity contribution in [3.63, 3.8) is 0 Å². The number of amides is 1. The molecule has 0 bridgehead atoms. The van der Waals surface area contributed by atoms with Crippen LogP contribution < -0.4 is 0 Å². The van der Waals surface area contributed by atoms with Gasteiger partial charge < -0.3 is 4.90 Å². The van der Waals surface area contributed by atoms with E-state index in [1.165, 1.54) is 6.42 Å². The molecule has 0 saturated carbocycles. The first-order valence-corrected chi connectivity index (χ1v) is 8.20. The van der Waals surface area contributed by atoms with Crippen molar-refractivity contribution in [2.24, 2.45) is 0 Å². The highest BCUT2D eigenvalue weighted by atomic mass is 32.1. The fourth-order valence-corrected chi connectivity index (χ4v) is 3.64. The van der Waals surface area contributed by atoms with Crippen LogP contribution in [0.2, 0.25) is 0 Å². The highest BCUT2D eigenvalue weighted by molar-refractivity contribution is 7.15. The molecule has 0 aliphatic carbocycles. The third-order valence-corrected chi connectivity index (χ3v) is 5.03. The van der Waals surface area contributed by atoms with Crippen molar-refractivity contribution in [3.05, 3.63) is 35.1 Å². The lowest BCUT2D eigenvalue weighted by molar-refractivity contribution is -0.131. The van der Waals surface area contributed by atoms with E-state index < -0.39 is 0 Å². The molecule has 3 heterocycles. The molecule has 2 aromatic heterocycles. The molecule has 4 nitrogen and oxygen atoms in total. The normalized spacial score (nSPS) is 15.2. The van der Waals surface area contributed by atoms with E-state index in [-0.39, 0.29) is 5.91 Å². The van der Waals surface area contributed by atoms with E-state index in [0.29, 0.717) is 6.42 Å². The molecule has 110 valence electrons. The number of carbonyl (C=O) groups excluding carboxylic acids is 1. The number of carbonyl (C=O) groups is 1. The van der Waals surface area contributed by atoms with Crippen molar-refractivity contribution in [1.82, 2.24) is 14.9 Å². The topological polar surface area (TPSA) is 46.1 Å². The van der Waals surface area contributed by atoms with Gasteiger partial charge in [0.2, 0.25) is 5.91 Å². The Morgan fingerprint density at radius 1 is 1.33 bits per heavy atom. The maximum absolute atomic E-state index is 12.4. The number of nitrogens with zero attached hydrogens (tertiary/aromatic N) is 3. The van der Waals surface area contributed by atoms with Crippen LogP contribution in [-0.2, 0) is 11.2 Å². The first-order chi connectivity index (χ1) is 10.2. The van der Waals surface area contributed by atoms with Crippen LogP contribution in [0.5, 0.6) is 0 Å². The Labute approximate surface area is 128 Å². The second kappa shape index (κ2) is 6.35. The second-order valence-corrected chi connectivity index (χ2v) is 6.47. The molecule has 1 saturated heterocycles. The summed E-state index contributed by atoms with van der Waals surface area (Å²) in [6.45, 7) is 3.80. The average Bonchev–Trinajstić information content (AvgIpc) is 2.90. The standard InChI is InChI=1S/C16H19N3OS/c1-12-14(10-15(20)19-8-3-2-4-9-19)21-16(18-12)13-6-5-7-17-11-13/h5-7,11H,2-4,8-10H2,1H3. The number of thiazole rings is 1. The highest BCUT2D eigenvalue weighted by Gasteiger charge is 2.19. The van der Waals surface area contributed by atoms with Crippen LogP contribution >= 0.6 is 11.3 Å². The van der Waals surface area contributed by atoms with Crippen molar-refractivity contribution in [3.8, 4) is 10.6 Å². The Balaban J connectivity index is 1.74. The van der Waals surface area contributed by atoms with Gasteiger partial charge in [-0.3, -0.25) is 9.78 Å². The zero-order valence-corrected chi connectivity index (χ0v) is 13.0. The minimum absolute atomic E-state index is 0.235. The lowest BCUT2D eigenvalue weighted by atomic mass is 10.1. The first kappa shape index (κ1) is 14.2. The molecular weight excluding hydrogens is 282 g/mol. The predicted octanol–water partition coefficient (Wildman–Crippen LogP) is 3.07. The summed E-state index contributed by atoms with van der Waals surface area (Å²) in [5, 5.41) is 0.946. The van der Waals surface area contributed by atoms with Crippen molar-refractivity contribution in [2.75, 3.05) is 13.1 Å². The van der Waals surface area contributed by atoms with Crippen LogP contribution in [0.25, 0.3) is 10.6 Å². The number of rotatable bonds is 3. The molecule has 1 amide bonds. The first-order valence-electron chi connectivity index (χ1n) is 7.38. The van der Waals surface area contributed by atoms with Gasteiger partial charge in [-0.25, -0.2) is 4.98 Å². The molecule has 5 heteroatoms. The van der Waals surface area contributed by atoms with Crippen LogP contribution in [0.1, 0.15) is 29.8 Å². The van der Waals surface area contributed by atoms with Crippen molar-refractivity contribution in [1.29, 1.82) is 0 Å². The van der Waals surface area contributed by atoms with E-state index in [4.69, 9.17) is 0 Å². The number of likely N-dealkylation sites (tertiary alicyclic amines) is 1. The fourth-order valence-electron chi connectivity index (χ4n) is 2.60. The third-order valence-electron chi connectivity index (χ3n) is 3.82. The molecule has 3 rings (SSSR count). The van der Waals surface area contributed by atoms with E-state index in [0.717, 1.165) is 47.1 Å². The highest BCUT2D eigenvalue weighted by Crippen LogP contribution is 2.28. The lowest BCUT2D eigenvalue weighted by Gasteiger charge is -2.26. The third kappa shape index (κ3) is 3.29. The van der Waals surface area contributed by atoms with E-state index in [9.17, 15) is 4.79 Å². The van der Waals surface area contributed by atoms with Gasteiger partial charge in [-0.05, 0) is 38.3 Å². The summed E-state index contributed by atoms with van der Waals surface area (Å²) in [4.78, 5) is 24.1. The Kier molecular flexibility index (Phi) is 4.29. The second-order valence-electron chi connectivity index (χ2n) is 5.39. The van der Waals surface area contributed by atoms with Crippen LogP contribution in [0.15, 0.2) is 24.5 Å². The largest absolute Gasteiger partial charge is 0.342 e. The SMILES string of the molecule is Cc1nc(-c2cccnc2)sc1CC(=O)N1CCCCC1. The molecule has 0 aromatic carbocycles. The summed E-state index contributed by atoms with van der Waals surface area (Å²) in [6.07, 6.45) is 7.56. The fraction of sp³-hybridized carbons (Fsp3) is 0.438. The van der Waals surface area contributed by atoms with Gasteiger partial charge >= 0.3 is 0 Å². The van der Waals surface area contributed by atoms with Crippen LogP contribution in [0.4, 0.5) is 0 Å². The van der Waals surface area contributed by atoms with Gasteiger partial charge in [0.25, 0.3) is 0 Å². The summed E-state index contributed by atoms with van der Waals surface area (Å²) < 4.78 is 0. The molecule has 0 unspecified atom stereocenters. The van der Waals surface area contributed by atoms with Crippen molar-refractivity contribution < 1.29 is 4.79 Å². The van der Waals surface area contributed by atoms with E-state index >= 15 is 0 Å². The average molecular weight is 301 g/mol. The summed E-state index contributed by atoms with van der Waals surface area (Å²) in [5.74, 6) is 0.235. The maximum atomic E-state index is 12.4. The Bertz CT molecular complexity index is 618. The zero-order valence-electron chi connectivity index (χ0n) is 12.2. The molecule has 2 aromatic rings. The molecule has 0 atom stereocenters. The van der Waals surface area contributed by atoms with Gasteiger partial charge in [0.05, 0.1) is 12.1 Å². The molecule has 1 fully saturated rings. The van der Waals surface area contributed by atoms with E-state index in [2.05, 4.69) is 9.97 Å². The number of aromatic nitrogens is 2. The van der Waals surface area contributed by atoms with E-state index in [1.54, 1.807) is 17.5 Å². The summed E-state index contributed by atoms with van der Waals surface area (Å²) in [7, 11) is 0. The van der Waals surface area contributed by atoms with Crippen molar-refractivity contribution >= 4 is 17.2 Å². The summed E-state index contributed by atoms with van der Waals surface area (Å²) in [6, 6.07) is 3.91. The number of hydrogen-bond acceptors (Lipinski definition) is 4. The summed E-state index contributed by atoms with van der Waals surface area (Å²) >= 11 is 1.61. The molecule has 0 radical (unpaired) electrons. The van der Waals surface area contributed by atoms with Gasteiger partial charge in [0.1, 0.15) is 5.01 Å². The smallest absolute Gasteiger partial charge is 0.227 e. The van der Waals surface area contributed by atoms with Gasteiger partial charge in [0.15, 0.2) is 0 Å². The molecule has 21 heavy (non-hydrogen) atoms.